The van der Waals surface area contributed by atoms with Crippen molar-refractivity contribution < 1.29 is 40.7 Å². The van der Waals surface area contributed by atoms with Crippen LogP contribution in [0.2, 0.25) is 0 Å². The molecule has 0 aliphatic carbocycles. The van der Waals surface area contributed by atoms with E-state index in [1.807, 2.05) is 0 Å². The van der Waals surface area contributed by atoms with E-state index in [1.54, 1.807) is 40.1 Å². The molecule has 3 amide bonds. The number of likely N-dealkylation sites (N-methyl/N-ethyl adjacent to an activating group) is 1. The lowest BCUT2D eigenvalue weighted by atomic mass is 9.90. The van der Waals surface area contributed by atoms with Gasteiger partial charge in [-0.25, -0.2) is 0 Å². The molecule has 232 valence electrons. The molecule has 0 aromatic heterocycles. The smallest absolute Gasteiger partial charge is 0.343 e. The summed E-state index contributed by atoms with van der Waals surface area (Å²) in [5.41, 5.74) is -1.59. The van der Waals surface area contributed by atoms with Crippen LogP contribution in [-0.2, 0) is 26.7 Å². The molecule has 2 aromatic carbocycles. The molecule has 2 aliphatic heterocycles. The molecule has 6 nitrogen and oxygen atoms in total. The van der Waals surface area contributed by atoms with Crippen molar-refractivity contribution in [2.75, 3.05) is 33.2 Å². The first kappa shape index (κ1) is 32.1. The van der Waals surface area contributed by atoms with Gasteiger partial charge in [0.15, 0.2) is 0 Å². The van der Waals surface area contributed by atoms with Gasteiger partial charge in [-0.2, -0.15) is 26.3 Å². The average molecular weight is 610 g/mol. The van der Waals surface area contributed by atoms with Crippen LogP contribution in [0, 0.1) is 5.92 Å². The molecule has 12 heteroatoms. The Hall–Kier alpha value is -3.83. The van der Waals surface area contributed by atoms with E-state index in [-0.39, 0.29) is 48.9 Å². The minimum absolute atomic E-state index is 0.0422. The van der Waals surface area contributed by atoms with E-state index in [0.29, 0.717) is 54.8 Å². The van der Waals surface area contributed by atoms with Crippen molar-refractivity contribution >= 4 is 23.3 Å². The first-order valence-electron chi connectivity index (χ1n) is 14.0. The van der Waals surface area contributed by atoms with E-state index in [2.05, 4.69) is 0 Å². The van der Waals surface area contributed by atoms with E-state index in [1.165, 1.54) is 20.9 Å². The topological polar surface area (TPSA) is 60.9 Å². The number of nitrogens with zero attached hydrogens (tertiary/aromatic N) is 3. The Morgan fingerprint density at radius 3 is 1.93 bits per heavy atom. The quantitative estimate of drug-likeness (QED) is 0.380. The molecule has 2 aliphatic rings. The average Bonchev–Trinajstić information content (AvgIpc) is 2.98. The number of rotatable bonds is 5. The highest BCUT2D eigenvalue weighted by Crippen LogP contribution is 2.39. The lowest BCUT2D eigenvalue weighted by molar-refractivity contribution is -0.143. The van der Waals surface area contributed by atoms with Crippen LogP contribution in [0.15, 0.2) is 54.1 Å². The molecule has 2 aromatic rings. The van der Waals surface area contributed by atoms with Gasteiger partial charge >= 0.3 is 12.4 Å². The second kappa shape index (κ2) is 12.4. The molecule has 0 unspecified atom stereocenters. The fourth-order valence-electron chi connectivity index (χ4n) is 5.62. The van der Waals surface area contributed by atoms with Crippen LogP contribution in [0.5, 0.6) is 0 Å². The summed E-state index contributed by atoms with van der Waals surface area (Å²) in [5, 5.41) is 0. The standard InChI is InChI=1S/C31H33F6N3O3/c1-19(23-15-24(30(32,33)34)17-25(16-23)31(35,36)37)38(3)29(43)26-11-14-40(18-27(26)21-7-5-4-6-8-21)28(42)22-9-12-39(13-10-22)20(2)41/h4-8,15-17,19,22H,9-14,18H2,1-3H3/t19-/m1/s1. The lowest BCUT2D eigenvalue weighted by Gasteiger charge is -2.37. The number of hydrogen-bond acceptors (Lipinski definition) is 3. The molecule has 1 saturated heterocycles. The highest BCUT2D eigenvalue weighted by atomic mass is 19.4. The summed E-state index contributed by atoms with van der Waals surface area (Å²) >= 11 is 0. The number of likely N-dealkylation sites (tertiary alicyclic amines) is 1. The van der Waals surface area contributed by atoms with Crippen LogP contribution in [0.25, 0.3) is 5.57 Å². The van der Waals surface area contributed by atoms with Crippen LogP contribution >= 0.6 is 0 Å². The third-order valence-corrected chi connectivity index (χ3v) is 8.32. The van der Waals surface area contributed by atoms with Crippen molar-refractivity contribution in [3.63, 3.8) is 0 Å². The summed E-state index contributed by atoms with van der Waals surface area (Å²) in [4.78, 5) is 43.5. The van der Waals surface area contributed by atoms with Crippen molar-refractivity contribution in [2.24, 2.45) is 5.92 Å². The van der Waals surface area contributed by atoms with Gasteiger partial charge in [0, 0.05) is 51.6 Å². The maximum atomic E-state index is 13.8. The van der Waals surface area contributed by atoms with E-state index in [0.717, 1.165) is 4.90 Å². The van der Waals surface area contributed by atoms with E-state index in [9.17, 15) is 40.7 Å². The van der Waals surface area contributed by atoms with Crippen LogP contribution in [-0.4, -0.2) is 65.6 Å². The fraction of sp³-hybridized carbons (Fsp3) is 0.452. The molecular formula is C31H33F6N3O3. The Labute approximate surface area is 245 Å². The third kappa shape index (κ3) is 7.22. The second-order valence-corrected chi connectivity index (χ2v) is 11.0. The third-order valence-electron chi connectivity index (χ3n) is 8.32. The van der Waals surface area contributed by atoms with Crippen molar-refractivity contribution in [3.8, 4) is 0 Å². The van der Waals surface area contributed by atoms with Crippen LogP contribution in [0.1, 0.15) is 61.4 Å². The molecule has 0 radical (unpaired) electrons. The molecule has 1 fully saturated rings. The Morgan fingerprint density at radius 2 is 1.42 bits per heavy atom. The Kier molecular flexibility index (Phi) is 9.27. The molecule has 43 heavy (non-hydrogen) atoms. The summed E-state index contributed by atoms with van der Waals surface area (Å²) in [6.07, 6.45) is -8.80. The number of alkyl halides is 6. The zero-order valence-corrected chi connectivity index (χ0v) is 24.1. The van der Waals surface area contributed by atoms with E-state index < -0.39 is 35.4 Å². The number of benzene rings is 2. The van der Waals surface area contributed by atoms with Crippen molar-refractivity contribution in [1.29, 1.82) is 0 Å². The zero-order valence-electron chi connectivity index (χ0n) is 24.1. The molecule has 4 rings (SSSR count). The molecule has 2 heterocycles. The highest BCUT2D eigenvalue weighted by Gasteiger charge is 2.39. The van der Waals surface area contributed by atoms with Crippen molar-refractivity contribution in [3.05, 3.63) is 76.4 Å². The summed E-state index contributed by atoms with van der Waals surface area (Å²) in [6, 6.07) is 9.12. The van der Waals surface area contributed by atoms with Gasteiger partial charge in [0.1, 0.15) is 0 Å². The van der Waals surface area contributed by atoms with Crippen molar-refractivity contribution in [2.45, 2.75) is 51.5 Å². The molecule has 0 spiro atoms. The molecule has 0 N–H and O–H groups in total. The summed E-state index contributed by atoms with van der Waals surface area (Å²) in [5.74, 6) is -0.927. The second-order valence-electron chi connectivity index (χ2n) is 11.0. The number of amides is 3. The van der Waals surface area contributed by atoms with Gasteiger partial charge in [-0.05, 0) is 61.1 Å². The Balaban J connectivity index is 1.63. The molecule has 0 saturated carbocycles. The highest BCUT2D eigenvalue weighted by molar-refractivity contribution is 6.02. The summed E-state index contributed by atoms with van der Waals surface area (Å²) < 4.78 is 80.8. The van der Waals surface area contributed by atoms with E-state index in [4.69, 9.17) is 0 Å². The number of halogens is 6. The lowest BCUT2D eigenvalue weighted by Crippen LogP contribution is -2.46. The first-order valence-corrected chi connectivity index (χ1v) is 14.0. The zero-order chi connectivity index (χ0) is 31.7. The fourth-order valence-corrected chi connectivity index (χ4v) is 5.62. The number of carbonyl (C=O) groups is 3. The van der Waals surface area contributed by atoms with E-state index >= 15 is 0 Å². The maximum absolute atomic E-state index is 13.8. The van der Waals surface area contributed by atoms with Gasteiger partial charge in [0.25, 0.3) is 0 Å². The number of hydrogen-bond donors (Lipinski definition) is 0. The van der Waals surface area contributed by atoms with Gasteiger partial charge in [-0.1, -0.05) is 30.3 Å². The minimum atomic E-state index is -5.01. The van der Waals surface area contributed by atoms with Crippen LogP contribution in [0.4, 0.5) is 26.3 Å². The minimum Gasteiger partial charge on any atom is -0.343 e. The van der Waals surface area contributed by atoms with Crippen LogP contribution < -0.4 is 0 Å². The molecule has 0 bridgehead atoms. The summed E-state index contributed by atoms with van der Waals surface area (Å²) in [7, 11) is 1.34. The number of carbonyl (C=O) groups excluding carboxylic acids is 3. The maximum Gasteiger partial charge on any atom is 0.416 e. The van der Waals surface area contributed by atoms with Crippen LogP contribution in [0.3, 0.4) is 0 Å². The monoisotopic (exact) mass is 609 g/mol. The van der Waals surface area contributed by atoms with Gasteiger partial charge in [0.2, 0.25) is 17.7 Å². The normalized spacial score (nSPS) is 17.6. The van der Waals surface area contributed by atoms with Gasteiger partial charge in [-0.15, -0.1) is 0 Å². The van der Waals surface area contributed by atoms with Gasteiger partial charge < -0.3 is 14.7 Å². The van der Waals surface area contributed by atoms with Crippen molar-refractivity contribution in [1.82, 2.24) is 14.7 Å². The SMILES string of the molecule is CC(=O)N1CCC(C(=O)N2CCC(C(=O)N(C)[C@H](C)c3cc(C(F)(F)F)cc(C(F)(F)F)c3)=C(c3ccccc3)C2)CC1. The predicted molar refractivity (Wildman–Crippen MR) is 147 cm³/mol. The van der Waals surface area contributed by atoms with Gasteiger partial charge in [-0.3, -0.25) is 14.4 Å². The van der Waals surface area contributed by atoms with Gasteiger partial charge in [0.05, 0.1) is 17.2 Å². The Morgan fingerprint density at radius 1 is 0.860 bits per heavy atom. The summed E-state index contributed by atoms with van der Waals surface area (Å²) in [6.45, 7) is 4.19. The molecular weight excluding hydrogens is 576 g/mol. The number of piperidine rings is 1. The Bertz CT molecular complexity index is 1360. The predicted octanol–water partition coefficient (Wildman–Crippen LogP) is 6.19. The molecule has 1 atom stereocenters. The largest absolute Gasteiger partial charge is 0.416 e. The first-order chi connectivity index (χ1) is 20.1.